The minimum Gasteiger partial charge on any atom is -0.257 e. The Balaban J connectivity index is 2.18. The van der Waals surface area contributed by atoms with Crippen LogP contribution in [-0.4, -0.2) is 10.6 Å². The first-order chi connectivity index (χ1) is 2.89. The Morgan fingerprint density at radius 2 is 2.50 bits per heavy atom. The van der Waals surface area contributed by atoms with Crippen LogP contribution in [0.25, 0.3) is 0 Å². The van der Waals surface area contributed by atoms with Gasteiger partial charge in [0.25, 0.3) is 0 Å². The van der Waals surface area contributed by atoms with E-state index in [1.807, 2.05) is 0 Å². The van der Waals surface area contributed by atoms with Gasteiger partial charge in [-0.2, -0.15) is 0 Å². The lowest BCUT2D eigenvalue weighted by atomic mass is 10.5. The van der Waals surface area contributed by atoms with Crippen LogP contribution < -0.4 is 10.9 Å². The van der Waals surface area contributed by atoms with E-state index in [0.29, 0.717) is 4.05 Å². The summed E-state index contributed by atoms with van der Waals surface area (Å²) >= 11 is 2.36. The third-order valence-corrected chi connectivity index (χ3v) is 1.72. The fourth-order valence-electron chi connectivity index (χ4n) is 0.454. The summed E-state index contributed by atoms with van der Waals surface area (Å²) in [6.07, 6.45) is 1.25. The second-order valence-electron chi connectivity index (χ2n) is 1.33. The smallest absolute Gasteiger partial charge is 0.0739 e. The summed E-state index contributed by atoms with van der Waals surface area (Å²) in [6.45, 7) is 1.12. The van der Waals surface area contributed by atoms with Crippen LogP contribution in [0.3, 0.4) is 0 Å². The molecule has 0 bridgehead atoms. The zero-order valence-electron chi connectivity index (χ0n) is 3.37. The van der Waals surface area contributed by atoms with E-state index >= 15 is 0 Å². The molecule has 1 fully saturated rings. The Morgan fingerprint density at radius 1 is 1.67 bits per heavy atom. The molecular weight excluding hydrogens is 191 g/mol. The maximum absolute atomic E-state index is 3.06. The Morgan fingerprint density at radius 3 is 2.67 bits per heavy atom. The van der Waals surface area contributed by atoms with Crippen molar-refractivity contribution in [3.63, 3.8) is 0 Å². The molecule has 2 N–H and O–H groups in total. The Bertz CT molecular complexity index is 42.1. The van der Waals surface area contributed by atoms with Crippen molar-refractivity contribution in [1.29, 1.82) is 0 Å². The molecule has 1 atom stereocenters. The van der Waals surface area contributed by atoms with E-state index in [-0.39, 0.29) is 0 Å². The number of alkyl halides is 1. The van der Waals surface area contributed by atoms with Gasteiger partial charge in [-0.15, -0.1) is 0 Å². The first kappa shape index (κ1) is 4.80. The average Bonchev–Trinajstić information content (AvgIpc) is 1.86. The summed E-state index contributed by atoms with van der Waals surface area (Å²) in [5.41, 5.74) is 6.07. The molecular formula is C3H7IN2. The van der Waals surface area contributed by atoms with Crippen molar-refractivity contribution in [2.75, 3.05) is 6.54 Å². The van der Waals surface area contributed by atoms with Crippen molar-refractivity contribution in [1.82, 2.24) is 10.9 Å². The summed E-state index contributed by atoms with van der Waals surface area (Å²) in [4.78, 5) is 0. The maximum atomic E-state index is 3.06. The summed E-state index contributed by atoms with van der Waals surface area (Å²) in [5, 5.41) is 0. The van der Waals surface area contributed by atoms with E-state index in [1.54, 1.807) is 0 Å². The van der Waals surface area contributed by atoms with Crippen LogP contribution in [0.15, 0.2) is 0 Å². The summed E-state index contributed by atoms with van der Waals surface area (Å²) in [5.74, 6) is 0. The quantitative estimate of drug-likeness (QED) is 0.331. The Hall–Kier alpha value is 0.650. The Kier molecular flexibility index (Phi) is 1.67. The van der Waals surface area contributed by atoms with E-state index in [1.165, 1.54) is 6.42 Å². The van der Waals surface area contributed by atoms with E-state index in [0.717, 1.165) is 6.54 Å². The number of hydrazine groups is 1. The highest BCUT2D eigenvalue weighted by Gasteiger charge is 2.06. The molecule has 36 valence electrons. The molecule has 0 aromatic rings. The van der Waals surface area contributed by atoms with Gasteiger partial charge >= 0.3 is 0 Å². The maximum Gasteiger partial charge on any atom is 0.0739 e. The molecule has 0 radical (unpaired) electrons. The molecule has 1 unspecified atom stereocenters. The number of rotatable bonds is 0. The number of nitrogens with one attached hydrogen (secondary N) is 2. The van der Waals surface area contributed by atoms with Gasteiger partial charge in [0.15, 0.2) is 0 Å². The van der Waals surface area contributed by atoms with Gasteiger partial charge in [0.2, 0.25) is 0 Å². The molecule has 1 heterocycles. The highest BCUT2D eigenvalue weighted by atomic mass is 127. The predicted octanol–water partition coefficient (Wildman–Crippen LogP) is 0.245. The van der Waals surface area contributed by atoms with E-state index in [2.05, 4.69) is 33.4 Å². The van der Waals surface area contributed by atoms with Crippen LogP contribution in [0.4, 0.5) is 0 Å². The molecule has 1 rings (SSSR count). The third kappa shape index (κ3) is 1.06. The molecule has 0 amide bonds. The van der Waals surface area contributed by atoms with Crippen LogP contribution in [0.1, 0.15) is 6.42 Å². The van der Waals surface area contributed by atoms with Crippen LogP contribution in [-0.2, 0) is 0 Å². The predicted molar refractivity (Wildman–Crippen MR) is 33.6 cm³/mol. The summed E-state index contributed by atoms with van der Waals surface area (Å²) in [6, 6.07) is 0. The molecule has 3 heteroatoms. The van der Waals surface area contributed by atoms with Crippen molar-refractivity contribution in [2.45, 2.75) is 10.5 Å². The van der Waals surface area contributed by atoms with Gasteiger partial charge in [-0.05, 0) is 6.42 Å². The highest BCUT2D eigenvalue weighted by molar-refractivity contribution is 14.1. The zero-order chi connectivity index (χ0) is 4.41. The molecule has 0 saturated carbocycles. The molecule has 2 nitrogen and oxygen atoms in total. The van der Waals surface area contributed by atoms with Crippen molar-refractivity contribution in [2.24, 2.45) is 0 Å². The van der Waals surface area contributed by atoms with Crippen molar-refractivity contribution in [3.05, 3.63) is 0 Å². The van der Waals surface area contributed by atoms with Gasteiger partial charge in [-0.1, -0.05) is 22.6 Å². The molecule has 0 spiro atoms. The standard InChI is InChI=1S/C3H7IN2/c4-3-1-2-5-6-3/h3,5-6H,1-2H2. The fraction of sp³-hybridized carbons (Fsp3) is 1.00. The molecule has 0 aromatic heterocycles. The van der Waals surface area contributed by atoms with Crippen LogP contribution >= 0.6 is 22.6 Å². The second-order valence-corrected chi connectivity index (χ2v) is 2.83. The minimum absolute atomic E-state index is 0.655. The largest absolute Gasteiger partial charge is 0.257 e. The van der Waals surface area contributed by atoms with Crippen LogP contribution in [0.5, 0.6) is 0 Å². The Labute approximate surface area is 50.8 Å². The molecule has 1 aliphatic heterocycles. The topological polar surface area (TPSA) is 24.1 Å². The van der Waals surface area contributed by atoms with Crippen LogP contribution in [0, 0.1) is 0 Å². The zero-order valence-corrected chi connectivity index (χ0v) is 5.53. The summed E-state index contributed by atoms with van der Waals surface area (Å²) < 4.78 is 0.655. The molecule has 6 heavy (non-hydrogen) atoms. The minimum atomic E-state index is 0.655. The monoisotopic (exact) mass is 198 g/mol. The number of hydrogen-bond acceptors (Lipinski definition) is 2. The second kappa shape index (κ2) is 2.09. The highest BCUT2D eigenvalue weighted by Crippen LogP contribution is 2.02. The third-order valence-electron chi connectivity index (χ3n) is 0.781. The normalized spacial score (nSPS) is 34.5. The van der Waals surface area contributed by atoms with Gasteiger partial charge in [0.1, 0.15) is 0 Å². The van der Waals surface area contributed by atoms with E-state index in [4.69, 9.17) is 0 Å². The SMILES string of the molecule is IC1CCNN1. The molecule has 0 aromatic carbocycles. The van der Waals surface area contributed by atoms with Crippen molar-refractivity contribution in [3.8, 4) is 0 Å². The fourth-order valence-corrected chi connectivity index (χ4v) is 0.986. The lowest BCUT2D eigenvalue weighted by Gasteiger charge is -1.92. The average molecular weight is 198 g/mol. The van der Waals surface area contributed by atoms with E-state index in [9.17, 15) is 0 Å². The lowest BCUT2D eigenvalue weighted by Crippen LogP contribution is -2.25. The number of hydrogen-bond donors (Lipinski definition) is 2. The molecule has 1 saturated heterocycles. The first-order valence-corrected chi connectivity index (χ1v) is 3.26. The summed E-state index contributed by atoms with van der Waals surface area (Å²) in [7, 11) is 0. The van der Waals surface area contributed by atoms with Crippen molar-refractivity contribution < 1.29 is 0 Å². The number of halogens is 1. The lowest BCUT2D eigenvalue weighted by molar-refractivity contribution is 0.679. The van der Waals surface area contributed by atoms with Gasteiger partial charge in [0.05, 0.1) is 4.05 Å². The van der Waals surface area contributed by atoms with Gasteiger partial charge in [-0.25, -0.2) is 5.43 Å². The van der Waals surface area contributed by atoms with Crippen molar-refractivity contribution >= 4 is 22.6 Å². The van der Waals surface area contributed by atoms with Gasteiger partial charge in [-0.3, -0.25) is 5.43 Å². The molecule has 1 aliphatic rings. The molecule has 0 aliphatic carbocycles. The first-order valence-electron chi connectivity index (χ1n) is 2.02. The van der Waals surface area contributed by atoms with Gasteiger partial charge in [0, 0.05) is 6.54 Å². The van der Waals surface area contributed by atoms with E-state index < -0.39 is 0 Å². The van der Waals surface area contributed by atoms with Gasteiger partial charge < -0.3 is 0 Å². The van der Waals surface area contributed by atoms with Crippen LogP contribution in [0.2, 0.25) is 0 Å².